The predicted octanol–water partition coefficient (Wildman–Crippen LogP) is 2.87. The van der Waals surface area contributed by atoms with Crippen molar-refractivity contribution in [3.63, 3.8) is 0 Å². The number of fused-ring (bicyclic) bond motifs is 1. The number of sulfonamides is 1. The lowest BCUT2D eigenvalue weighted by atomic mass is 9.90. The van der Waals surface area contributed by atoms with Gasteiger partial charge in [-0.1, -0.05) is 38.0 Å². The summed E-state index contributed by atoms with van der Waals surface area (Å²) in [5.74, 6) is 6.89. The van der Waals surface area contributed by atoms with Gasteiger partial charge in [0, 0.05) is 44.0 Å². The summed E-state index contributed by atoms with van der Waals surface area (Å²) in [5, 5.41) is 9.73. The Balaban J connectivity index is 2.02. The number of benzene rings is 1. The first-order valence-electron chi connectivity index (χ1n) is 11.8. The second-order valence-electron chi connectivity index (χ2n) is 9.41. The van der Waals surface area contributed by atoms with E-state index in [4.69, 9.17) is 4.74 Å². The van der Waals surface area contributed by atoms with Crippen LogP contribution in [-0.4, -0.2) is 67.5 Å². The van der Waals surface area contributed by atoms with Crippen molar-refractivity contribution in [2.24, 2.45) is 11.8 Å². The molecule has 1 heterocycles. The van der Waals surface area contributed by atoms with Gasteiger partial charge in [-0.2, -0.15) is 4.31 Å². The van der Waals surface area contributed by atoms with Crippen LogP contribution in [0.2, 0.25) is 0 Å². The van der Waals surface area contributed by atoms with Gasteiger partial charge in [-0.15, -0.1) is 0 Å². The number of rotatable bonds is 4. The molecule has 1 N–H and O–H groups in total. The normalized spacial score (nSPS) is 24.3. The highest BCUT2D eigenvalue weighted by Crippen LogP contribution is 2.34. The van der Waals surface area contributed by atoms with Gasteiger partial charge < -0.3 is 14.7 Å². The van der Waals surface area contributed by atoms with Crippen LogP contribution in [0.1, 0.15) is 58.4 Å². The number of hydrogen-bond acceptors (Lipinski definition) is 5. The van der Waals surface area contributed by atoms with E-state index in [1.54, 1.807) is 37.1 Å². The third-order valence-electron chi connectivity index (χ3n) is 6.68. The Morgan fingerprint density at radius 2 is 2.00 bits per heavy atom. The van der Waals surface area contributed by atoms with Crippen LogP contribution in [0.15, 0.2) is 23.1 Å². The van der Waals surface area contributed by atoms with Gasteiger partial charge >= 0.3 is 0 Å². The van der Waals surface area contributed by atoms with Crippen LogP contribution in [-0.2, 0) is 14.8 Å². The number of likely N-dealkylation sites (N-methyl/N-ethyl adjacent to an activating group) is 1. The van der Waals surface area contributed by atoms with Gasteiger partial charge in [0.15, 0.2) is 0 Å². The first kappa shape index (κ1) is 25.5. The molecule has 1 saturated carbocycles. The maximum atomic E-state index is 13.5. The smallest absolute Gasteiger partial charge is 0.247 e. The van der Waals surface area contributed by atoms with E-state index < -0.39 is 22.2 Å². The van der Waals surface area contributed by atoms with Crippen molar-refractivity contribution in [1.82, 2.24) is 9.21 Å². The second kappa shape index (κ2) is 10.9. The number of carbonyl (C=O) groups is 1. The van der Waals surface area contributed by atoms with E-state index in [1.165, 1.54) is 30.5 Å². The Bertz CT molecular complexity index is 1010. The van der Waals surface area contributed by atoms with Crippen molar-refractivity contribution in [3.05, 3.63) is 23.8 Å². The lowest BCUT2D eigenvalue weighted by Crippen LogP contribution is -2.50. The molecule has 33 heavy (non-hydrogen) atoms. The van der Waals surface area contributed by atoms with Gasteiger partial charge in [0.05, 0.1) is 13.2 Å². The largest absolute Gasteiger partial charge is 0.487 e. The molecule has 0 radical (unpaired) electrons. The lowest BCUT2D eigenvalue weighted by Gasteiger charge is -2.37. The van der Waals surface area contributed by atoms with Crippen molar-refractivity contribution in [2.75, 3.05) is 26.7 Å². The van der Waals surface area contributed by atoms with E-state index in [2.05, 4.69) is 11.8 Å². The summed E-state index contributed by atoms with van der Waals surface area (Å²) in [6, 6.07) is 4.39. The summed E-state index contributed by atoms with van der Waals surface area (Å²) >= 11 is 0. The van der Waals surface area contributed by atoms with Crippen LogP contribution in [0.5, 0.6) is 5.75 Å². The fourth-order valence-electron chi connectivity index (χ4n) is 4.35. The monoisotopic (exact) mass is 476 g/mol. The molecule has 1 aliphatic heterocycles. The molecule has 1 aromatic rings. The van der Waals surface area contributed by atoms with Gasteiger partial charge in [-0.05, 0) is 38.0 Å². The van der Waals surface area contributed by atoms with Crippen LogP contribution in [0.3, 0.4) is 0 Å². The maximum absolute atomic E-state index is 13.5. The molecule has 182 valence electrons. The average Bonchev–Trinajstić information content (AvgIpc) is 2.79. The molecular formula is C25H36N2O5S. The van der Waals surface area contributed by atoms with Crippen LogP contribution in [0, 0.1) is 23.7 Å². The standard InChI is InChI=1S/C25H36N2O5S/c1-18-15-27(19(2)17-28)33(30,31)25-13-12-22(11-10-21-8-6-5-7-9-21)14-23(25)32-24(18)16-26(4)20(3)29/h12-14,18-19,21,24,28H,5-9,15-17H2,1-4H3/t18-,19+,24-/m1/s1. The van der Waals surface area contributed by atoms with E-state index >= 15 is 0 Å². The van der Waals surface area contributed by atoms with Gasteiger partial charge in [0.25, 0.3) is 0 Å². The number of carbonyl (C=O) groups excluding carboxylic acids is 1. The first-order valence-corrected chi connectivity index (χ1v) is 13.2. The number of aliphatic hydroxyl groups excluding tert-OH is 1. The predicted molar refractivity (Wildman–Crippen MR) is 127 cm³/mol. The fourth-order valence-corrected chi connectivity index (χ4v) is 6.18. The molecule has 1 fully saturated rings. The van der Waals surface area contributed by atoms with Crippen molar-refractivity contribution in [1.29, 1.82) is 0 Å². The Morgan fingerprint density at radius 1 is 1.30 bits per heavy atom. The summed E-state index contributed by atoms with van der Waals surface area (Å²) in [7, 11) is -2.18. The highest BCUT2D eigenvalue weighted by atomic mass is 32.2. The van der Waals surface area contributed by atoms with Gasteiger partial charge in [-0.25, -0.2) is 8.42 Å². The molecule has 3 rings (SSSR count). The van der Waals surface area contributed by atoms with Crippen molar-refractivity contribution in [2.45, 2.75) is 69.9 Å². The number of amides is 1. The van der Waals surface area contributed by atoms with Crippen LogP contribution in [0.4, 0.5) is 0 Å². The minimum absolute atomic E-state index is 0.0633. The third kappa shape index (κ3) is 6.08. The summed E-state index contributed by atoms with van der Waals surface area (Å²) in [6.07, 6.45) is 5.46. The van der Waals surface area contributed by atoms with Gasteiger partial charge in [0.1, 0.15) is 16.7 Å². The molecule has 0 aromatic heterocycles. The number of hydrogen-bond donors (Lipinski definition) is 1. The van der Waals surface area contributed by atoms with Crippen LogP contribution >= 0.6 is 0 Å². The third-order valence-corrected chi connectivity index (χ3v) is 8.70. The summed E-state index contributed by atoms with van der Waals surface area (Å²) in [5.41, 5.74) is 0.711. The molecule has 2 aliphatic rings. The summed E-state index contributed by atoms with van der Waals surface area (Å²) in [4.78, 5) is 13.5. The maximum Gasteiger partial charge on any atom is 0.247 e. The molecule has 0 spiro atoms. The van der Waals surface area contributed by atoms with E-state index in [0.717, 1.165) is 12.8 Å². The SMILES string of the molecule is CC(=O)N(C)C[C@H]1Oc2cc(C#CC3CCCCC3)ccc2S(=O)(=O)N([C@@H](C)CO)C[C@H]1C. The molecule has 1 amide bonds. The molecule has 0 saturated heterocycles. The Morgan fingerprint density at radius 3 is 2.64 bits per heavy atom. The zero-order valence-corrected chi connectivity index (χ0v) is 20.9. The molecular weight excluding hydrogens is 440 g/mol. The minimum atomic E-state index is -3.89. The average molecular weight is 477 g/mol. The second-order valence-corrected chi connectivity index (χ2v) is 11.3. The fraction of sp³-hybridized carbons (Fsp3) is 0.640. The minimum Gasteiger partial charge on any atom is -0.487 e. The summed E-state index contributed by atoms with van der Waals surface area (Å²) < 4.78 is 34.6. The van der Waals surface area contributed by atoms with Crippen molar-refractivity contribution >= 4 is 15.9 Å². The number of ether oxygens (including phenoxy) is 1. The van der Waals surface area contributed by atoms with Crippen molar-refractivity contribution in [3.8, 4) is 17.6 Å². The quantitative estimate of drug-likeness (QED) is 0.676. The Hall–Kier alpha value is -2.08. The first-order chi connectivity index (χ1) is 15.6. The zero-order chi connectivity index (χ0) is 24.2. The van der Waals surface area contributed by atoms with Gasteiger partial charge in [-0.3, -0.25) is 4.79 Å². The van der Waals surface area contributed by atoms with E-state index in [-0.39, 0.29) is 35.6 Å². The molecule has 0 unspecified atom stereocenters. The molecule has 0 bridgehead atoms. The van der Waals surface area contributed by atoms with E-state index in [9.17, 15) is 18.3 Å². The van der Waals surface area contributed by atoms with Crippen LogP contribution in [0.25, 0.3) is 0 Å². The number of aliphatic hydroxyl groups is 1. The molecule has 1 aliphatic carbocycles. The Labute approximate surface area is 198 Å². The Kier molecular flexibility index (Phi) is 8.43. The lowest BCUT2D eigenvalue weighted by molar-refractivity contribution is -0.129. The summed E-state index contributed by atoms with van der Waals surface area (Å²) in [6.45, 7) is 5.31. The number of nitrogens with zero attached hydrogens (tertiary/aromatic N) is 2. The van der Waals surface area contributed by atoms with E-state index in [1.807, 2.05) is 6.92 Å². The highest BCUT2D eigenvalue weighted by Gasteiger charge is 2.38. The topological polar surface area (TPSA) is 87.2 Å². The van der Waals surface area contributed by atoms with Gasteiger partial charge in [0.2, 0.25) is 15.9 Å². The molecule has 7 nitrogen and oxygen atoms in total. The highest BCUT2D eigenvalue weighted by molar-refractivity contribution is 7.89. The van der Waals surface area contributed by atoms with E-state index in [0.29, 0.717) is 18.0 Å². The molecule has 3 atom stereocenters. The zero-order valence-electron chi connectivity index (χ0n) is 20.1. The molecule has 8 heteroatoms. The van der Waals surface area contributed by atoms with Crippen molar-refractivity contribution < 1.29 is 23.1 Å². The molecule has 1 aromatic carbocycles. The van der Waals surface area contributed by atoms with Crippen LogP contribution < -0.4 is 4.74 Å².